The van der Waals surface area contributed by atoms with Crippen LogP contribution < -0.4 is 10.2 Å². The zero-order valence-corrected chi connectivity index (χ0v) is 19.3. The molecule has 33 heavy (non-hydrogen) atoms. The molecule has 0 unspecified atom stereocenters. The summed E-state index contributed by atoms with van der Waals surface area (Å²) in [7, 11) is 2.17. The van der Waals surface area contributed by atoms with Gasteiger partial charge in [-0.15, -0.1) is 0 Å². The molecule has 168 valence electrons. The SMILES string of the molecule is BN1CCN(c2cnc(Nc3ncc4c5ccncc5n(C5CCCC5)c4n3)c(C)c2)CC1. The zero-order valence-electron chi connectivity index (χ0n) is 19.3. The maximum absolute atomic E-state index is 4.97. The quantitative estimate of drug-likeness (QED) is 0.489. The zero-order chi connectivity index (χ0) is 22.4. The van der Waals surface area contributed by atoms with Gasteiger partial charge in [-0.25, -0.2) is 9.97 Å². The molecule has 0 bridgehead atoms. The maximum Gasteiger partial charge on any atom is 0.230 e. The van der Waals surface area contributed by atoms with Gasteiger partial charge in [0.2, 0.25) is 5.95 Å². The normalized spacial score (nSPS) is 17.9. The summed E-state index contributed by atoms with van der Waals surface area (Å²) in [5, 5.41) is 5.63. The van der Waals surface area contributed by atoms with Crippen LogP contribution in [0.15, 0.2) is 36.9 Å². The lowest BCUT2D eigenvalue weighted by atomic mass is 10.2. The minimum Gasteiger partial charge on any atom is -0.368 e. The van der Waals surface area contributed by atoms with Gasteiger partial charge in [-0.05, 0) is 37.5 Å². The number of hydrogen-bond donors (Lipinski definition) is 1. The number of fused-ring (bicyclic) bond motifs is 3. The second-order valence-corrected chi connectivity index (χ2v) is 9.41. The fourth-order valence-electron chi connectivity index (χ4n) is 5.29. The van der Waals surface area contributed by atoms with Crippen LogP contribution in [0.5, 0.6) is 0 Å². The molecule has 8 nitrogen and oxygen atoms in total. The molecular formula is C24H29BN8. The number of piperazine rings is 1. The highest BCUT2D eigenvalue weighted by Gasteiger charge is 2.23. The smallest absolute Gasteiger partial charge is 0.230 e. The summed E-state index contributed by atoms with van der Waals surface area (Å²) in [5.74, 6) is 1.39. The van der Waals surface area contributed by atoms with Crippen LogP contribution in [0.25, 0.3) is 21.9 Å². The third-order valence-corrected chi connectivity index (χ3v) is 7.20. The Labute approximate surface area is 194 Å². The molecule has 0 amide bonds. The van der Waals surface area contributed by atoms with Gasteiger partial charge >= 0.3 is 0 Å². The van der Waals surface area contributed by atoms with Crippen molar-refractivity contribution in [2.45, 2.75) is 38.6 Å². The molecule has 5 heterocycles. The van der Waals surface area contributed by atoms with E-state index in [1.165, 1.54) is 36.8 Å². The summed E-state index contributed by atoms with van der Waals surface area (Å²) < 4.78 is 2.38. The van der Waals surface area contributed by atoms with Gasteiger partial charge in [-0.2, -0.15) is 4.98 Å². The molecule has 9 heteroatoms. The van der Waals surface area contributed by atoms with Gasteiger partial charge in [0, 0.05) is 55.4 Å². The van der Waals surface area contributed by atoms with Gasteiger partial charge in [0.15, 0.2) is 7.98 Å². The number of nitrogens with one attached hydrogen (secondary N) is 1. The highest BCUT2D eigenvalue weighted by molar-refractivity contribution is 6.06. The van der Waals surface area contributed by atoms with Gasteiger partial charge in [0.1, 0.15) is 11.5 Å². The van der Waals surface area contributed by atoms with Crippen LogP contribution in [-0.4, -0.2) is 63.5 Å². The van der Waals surface area contributed by atoms with Crippen molar-refractivity contribution < 1.29 is 0 Å². The van der Waals surface area contributed by atoms with E-state index in [-0.39, 0.29) is 0 Å². The van der Waals surface area contributed by atoms with Crippen molar-refractivity contribution in [3.05, 3.63) is 42.5 Å². The van der Waals surface area contributed by atoms with E-state index in [1.807, 2.05) is 24.8 Å². The first-order chi connectivity index (χ1) is 16.2. The highest BCUT2D eigenvalue weighted by Crippen LogP contribution is 2.37. The number of aryl methyl sites for hydroxylation is 1. The first-order valence-electron chi connectivity index (χ1n) is 12.0. The van der Waals surface area contributed by atoms with E-state index in [1.54, 1.807) is 0 Å². The lowest BCUT2D eigenvalue weighted by Crippen LogP contribution is -2.45. The van der Waals surface area contributed by atoms with E-state index in [0.717, 1.165) is 54.1 Å². The Morgan fingerprint density at radius 3 is 2.61 bits per heavy atom. The van der Waals surface area contributed by atoms with Crippen molar-refractivity contribution in [1.29, 1.82) is 0 Å². The topological polar surface area (TPSA) is 75.0 Å². The lowest BCUT2D eigenvalue weighted by Gasteiger charge is -2.34. The van der Waals surface area contributed by atoms with Crippen molar-refractivity contribution in [1.82, 2.24) is 29.3 Å². The number of aromatic nitrogens is 5. The Morgan fingerprint density at radius 2 is 1.82 bits per heavy atom. The van der Waals surface area contributed by atoms with Crippen molar-refractivity contribution >= 4 is 47.4 Å². The maximum atomic E-state index is 4.97. The summed E-state index contributed by atoms with van der Waals surface area (Å²) in [6.07, 6.45) is 12.6. The molecule has 0 spiro atoms. The van der Waals surface area contributed by atoms with Crippen LogP contribution in [0.2, 0.25) is 0 Å². The molecule has 6 rings (SSSR count). The Balaban J connectivity index is 1.33. The monoisotopic (exact) mass is 440 g/mol. The van der Waals surface area contributed by atoms with Gasteiger partial charge in [0.05, 0.1) is 23.6 Å². The predicted molar refractivity (Wildman–Crippen MR) is 135 cm³/mol. The van der Waals surface area contributed by atoms with Crippen molar-refractivity contribution in [3.8, 4) is 0 Å². The molecule has 4 aromatic rings. The van der Waals surface area contributed by atoms with Crippen LogP contribution in [-0.2, 0) is 0 Å². The number of anilines is 3. The summed E-state index contributed by atoms with van der Waals surface area (Å²) >= 11 is 0. The van der Waals surface area contributed by atoms with E-state index in [0.29, 0.717) is 12.0 Å². The molecule has 1 saturated carbocycles. The predicted octanol–water partition coefficient (Wildman–Crippen LogP) is 3.21. The summed E-state index contributed by atoms with van der Waals surface area (Å²) in [4.78, 5) is 23.5. The van der Waals surface area contributed by atoms with Crippen LogP contribution in [0, 0.1) is 6.92 Å². The Morgan fingerprint density at radius 1 is 1.00 bits per heavy atom. The third-order valence-electron chi connectivity index (χ3n) is 7.20. The van der Waals surface area contributed by atoms with Crippen molar-refractivity contribution in [2.75, 3.05) is 36.4 Å². The second-order valence-electron chi connectivity index (χ2n) is 9.41. The molecular weight excluding hydrogens is 411 g/mol. The standard InChI is InChI=1S/C24H29BN8/c1-16-12-18(31-8-10-32(25)11-9-31)13-27-22(16)29-24-28-14-20-19-6-7-26-15-21(19)33(23(20)30-24)17-4-2-3-5-17/h6-7,12-15,17H,2-5,8-11,25H2,1H3,(H,27,28,29,30). The fourth-order valence-corrected chi connectivity index (χ4v) is 5.29. The second kappa shape index (κ2) is 8.30. The summed E-state index contributed by atoms with van der Waals surface area (Å²) in [6.45, 7) is 6.32. The average Bonchev–Trinajstić information content (AvgIpc) is 3.46. The first-order valence-corrected chi connectivity index (χ1v) is 12.0. The Bertz CT molecular complexity index is 1300. The third kappa shape index (κ3) is 3.70. The van der Waals surface area contributed by atoms with E-state index in [4.69, 9.17) is 9.97 Å². The molecule has 4 aromatic heterocycles. The molecule has 2 fully saturated rings. The Hall–Kier alpha value is -3.20. The number of rotatable bonds is 4. The lowest BCUT2D eigenvalue weighted by molar-refractivity contribution is 0.415. The van der Waals surface area contributed by atoms with Gasteiger partial charge in [-0.3, -0.25) is 4.98 Å². The molecule has 0 atom stereocenters. The van der Waals surface area contributed by atoms with Crippen molar-refractivity contribution in [3.63, 3.8) is 0 Å². The van der Waals surface area contributed by atoms with Crippen LogP contribution in [0.1, 0.15) is 37.3 Å². The molecule has 2 aliphatic rings. The minimum atomic E-state index is 0.472. The molecule has 1 aliphatic heterocycles. The van der Waals surface area contributed by atoms with Crippen LogP contribution >= 0.6 is 0 Å². The Kier molecular flexibility index (Phi) is 5.13. The average molecular weight is 440 g/mol. The van der Waals surface area contributed by atoms with E-state index < -0.39 is 0 Å². The van der Waals surface area contributed by atoms with Crippen molar-refractivity contribution in [2.24, 2.45) is 0 Å². The highest BCUT2D eigenvalue weighted by atomic mass is 15.2. The van der Waals surface area contributed by atoms with Gasteiger partial charge < -0.3 is 19.6 Å². The molecule has 1 saturated heterocycles. The molecule has 1 N–H and O–H groups in total. The molecule has 0 aromatic carbocycles. The van der Waals surface area contributed by atoms with Gasteiger partial charge in [0.25, 0.3) is 0 Å². The fraction of sp³-hybridized carbons (Fsp3) is 0.417. The number of nitrogens with zero attached hydrogens (tertiary/aromatic N) is 7. The first kappa shape index (κ1) is 20.4. The van der Waals surface area contributed by atoms with E-state index in [2.05, 4.69) is 56.6 Å². The van der Waals surface area contributed by atoms with E-state index in [9.17, 15) is 0 Å². The van der Waals surface area contributed by atoms with Crippen LogP contribution in [0.3, 0.4) is 0 Å². The molecule has 0 radical (unpaired) electrons. The summed E-state index contributed by atoms with van der Waals surface area (Å²) in [5.41, 5.74) is 4.40. The van der Waals surface area contributed by atoms with E-state index >= 15 is 0 Å². The van der Waals surface area contributed by atoms with Gasteiger partial charge in [-0.1, -0.05) is 12.8 Å². The van der Waals surface area contributed by atoms with Crippen LogP contribution in [0.4, 0.5) is 17.5 Å². The molecule has 1 aliphatic carbocycles. The number of hydrogen-bond acceptors (Lipinski definition) is 7. The largest absolute Gasteiger partial charge is 0.368 e. The number of pyridine rings is 2. The minimum absolute atomic E-state index is 0.472. The summed E-state index contributed by atoms with van der Waals surface area (Å²) in [6, 6.07) is 4.75.